The lowest BCUT2D eigenvalue weighted by molar-refractivity contribution is -0.597. The molecule has 0 bridgehead atoms. The van der Waals surface area contributed by atoms with Gasteiger partial charge in [-0.05, 0) is 53.9 Å². The summed E-state index contributed by atoms with van der Waals surface area (Å²) >= 11 is 1.80. The van der Waals surface area contributed by atoms with Gasteiger partial charge in [0.1, 0.15) is 23.0 Å². The number of ether oxygens (including phenoxy) is 4. The first-order valence-electron chi connectivity index (χ1n) is 11.7. The van der Waals surface area contributed by atoms with Crippen molar-refractivity contribution in [3.8, 4) is 50.9 Å². The van der Waals surface area contributed by atoms with E-state index in [9.17, 15) is 0 Å². The van der Waals surface area contributed by atoms with Gasteiger partial charge in [-0.15, -0.1) is 0 Å². The van der Waals surface area contributed by atoms with E-state index >= 15 is 0 Å². The zero-order chi connectivity index (χ0) is 24.9. The van der Waals surface area contributed by atoms with Crippen LogP contribution in [0.4, 0.5) is 0 Å². The minimum absolute atomic E-state index is 0.749. The highest BCUT2D eigenvalue weighted by Crippen LogP contribution is 2.39. The Morgan fingerprint density at radius 1 is 0.657 bits per heavy atom. The summed E-state index contributed by atoms with van der Waals surface area (Å²) in [5, 5.41) is 0. The summed E-state index contributed by atoms with van der Waals surface area (Å²) in [7, 11) is 6.70. The van der Waals surface area contributed by atoms with Crippen molar-refractivity contribution < 1.29 is 23.5 Å². The molecule has 35 heavy (non-hydrogen) atoms. The van der Waals surface area contributed by atoms with Crippen molar-refractivity contribution in [1.82, 2.24) is 0 Å². The Morgan fingerprint density at radius 2 is 1.11 bits per heavy atom. The Morgan fingerprint density at radius 3 is 1.49 bits per heavy atom. The smallest absolute Gasteiger partial charge is 0.231 e. The first-order valence-corrected chi connectivity index (χ1v) is 12.6. The van der Waals surface area contributed by atoms with Crippen molar-refractivity contribution in [1.29, 1.82) is 0 Å². The van der Waals surface area contributed by atoms with E-state index in [0.29, 0.717) is 0 Å². The predicted molar refractivity (Wildman–Crippen MR) is 142 cm³/mol. The normalized spacial score (nSPS) is 10.8. The molecule has 182 valence electrons. The fraction of sp³-hybridized carbons (Fsp3) is 0.276. The van der Waals surface area contributed by atoms with Gasteiger partial charge in [-0.1, -0.05) is 31.3 Å². The quantitative estimate of drug-likeness (QED) is 0.251. The molecular formula is C29H32NO4S+. The maximum absolute atomic E-state index is 5.59. The Labute approximate surface area is 211 Å². The highest BCUT2D eigenvalue weighted by atomic mass is 32.1. The van der Waals surface area contributed by atoms with Crippen LogP contribution in [0, 0.1) is 0 Å². The van der Waals surface area contributed by atoms with E-state index in [-0.39, 0.29) is 0 Å². The van der Waals surface area contributed by atoms with E-state index in [1.54, 1.807) is 39.8 Å². The molecule has 1 aromatic heterocycles. The van der Waals surface area contributed by atoms with Crippen molar-refractivity contribution in [3.05, 3.63) is 70.7 Å². The molecule has 0 fully saturated rings. The van der Waals surface area contributed by atoms with Gasteiger partial charge in [-0.2, -0.15) is 4.57 Å². The van der Waals surface area contributed by atoms with Gasteiger partial charge in [0.2, 0.25) is 16.9 Å². The maximum atomic E-state index is 5.59. The molecule has 4 aromatic rings. The third kappa shape index (κ3) is 4.84. The molecule has 4 rings (SSSR count). The first kappa shape index (κ1) is 24.6. The molecule has 0 aliphatic heterocycles. The van der Waals surface area contributed by atoms with E-state index in [0.717, 1.165) is 63.8 Å². The van der Waals surface area contributed by atoms with E-state index in [1.165, 1.54) is 10.6 Å². The van der Waals surface area contributed by atoms with Crippen LogP contribution >= 0.6 is 11.3 Å². The van der Waals surface area contributed by atoms with E-state index in [4.69, 9.17) is 18.9 Å². The SMILES string of the molecule is CCc1sc[n+](-c2c(-c3cc(OC)cc(OC)c3)cccc2-c2cc(OC)cc(OC)c2)c1CC. The molecule has 5 nitrogen and oxygen atoms in total. The van der Waals surface area contributed by atoms with Crippen LogP contribution in [-0.4, -0.2) is 28.4 Å². The second-order valence-corrected chi connectivity index (χ2v) is 9.01. The molecule has 0 atom stereocenters. The lowest BCUT2D eigenvalue weighted by atomic mass is 9.94. The van der Waals surface area contributed by atoms with Gasteiger partial charge in [0.15, 0.2) is 0 Å². The molecule has 0 N–H and O–H groups in total. The molecule has 0 amide bonds. The van der Waals surface area contributed by atoms with Gasteiger partial charge in [-0.3, -0.25) is 0 Å². The monoisotopic (exact) mass is 490 g/mol. The lowest BCUT2D eigenvalue weighted by Crippen LogP contribution is -2.34. The molecule has 6 heteroatoms. The van der Waals surface area contributed by atoms with Gasteiger partial charge in [0.25, 0.3) is 0 Å². The van der Waals surface area contributed by atoms with E-state index in [2.05, 4.69) is 66.4 Å². The molecule has 0 saturated heterocycles. The highest BCUT2D eigenvalue weighted by Gasteiger charge is 2.27. The number of aryl methyl sites for hydroxylation is 1. The molecule has 0 aliphatic rings. The fourth-order valence-electron chi connectivity index (χ4n) is 4.42. The van der Waals surface area contributed by atoms with Crippen molar-refractivity contribution in [3.63, 3.8) is 0 Å². The number of thiazole rings is 1. The summed E-state index contributed by atoms with van der Waals surface area (Å²) in [5.41, 5.74) is 8.85. The zero-order valence-corrected chi connectivity index (χ0v) is 22.0. The van der Waals surface area contributed by atoms with Crippen LogP contribution in [0.25, 0.3) is 27.9 Å². The largest absolute Gasteiger partial charge is 0.497 e. The number of benzene rings is 3. The Balaban J connectivity index is 2.08. The van der Waals surface area contributed by atoms with Crippen LogP contribution in [-0.2, 0) is 12.8 Å². The van der Waals surface area contributed by atoms with Gasteiger partial charge < -0.3 is 18.9 Å². The molecule has 0 spiro atoms. The average Bonchev–Trinajstić information content (AvgIpc) is 3.34. The summed E-state index contributed by atoms with van der Waals surface area (Å²) in [6.45, 7) is 4.42. The standard InChI is InChI=1S/C29H32NO4S/c1-7-27-28(8-2)35-18-30(27)29-25(19-12-21(31-3)16-22(13-19)32-4)10-9-11-26(29)20-14-23(33-5)17-24(15-20)34-6/h9-18H,7-8H2,1-6H3/q+1. The summed E-state index contributed by atoms with van der Waals surface area (Å²) < 4.78 is 24.7. The minimum Gasteiger partial charge on any atom is -0.497 e. The number of methoxy groups -OCH3 is 4. The Kier molecular flexibility index (Phi) is 7.61. The highest BCUT2D eigenvalue weighted by molar-refractivity contribution is 7.09. The van der Waals surface area contributed by atoms with Crippen LogP contribution in [0.15, 0.2) is 60.1 Å². The van der Waals surface area contributed by atoms with Crippen LogP contribution in [0.1, 0.15) is 24.4 Å². The summed E-state index contributed by atoms with van der Waals surface area (Å²) in [4.78, 5) is 1.39. The van der Waals surface area contributed by atoms with Crippen LogP contribution in [0.3, 0.4) is 0 Å². The second-order valence-electron chi connectivity index (χ2n) is 8.07. The molecule has 0 radical (unpaired) electrons. The summed E-state index contributed by atoms with van der Waals surface area (Å²) in [6.07, 6.45) is 1.93. The summed E-state index contributed by atoms with van der Waals surface area (Å²) in [5.74, 6) is 3.00. The molecular weight excluding hydrogens is 458 g/mol. The Hall–Kier alpha value is -3.51. The van der Waals surface area contributed by atoms with Gasteiger partial charge in [-0.25, -0.2) is 0 Å². The number of aromatic nitrogens is 1. The minimum atomic E-state index is 0.749. The molecule has 0 aliphatic carbocycles. The summed E-state index contributed by atoms with van der Waals surface area (Å²) in [6, 6.07) is 18.4. The van der Waals surface area contributed by atoms with Crippen LogP contribution < -0.4 is 23.5 Å². The van der Waals surface area contributed by atoms with Crippen LogP contribution in [0.2, 0.25) is 0 Å². The maximum Gasteiger partial charge on any atom is 0.231 e. The predicted octanol–water partition coefficient (Wildman–Crippen LogP) is 6.52. The van der Waals surface area contributed by atoms with Crippen molar-refractivity contribution in [2.45, 2.75) is 26.7 Å². The molecule has 0 unspecified atom stereocenters. The van der Waals surface area contributed by atoms with Crippen molar-refractivity contribution in [2.24, 2.45) is 0 Å². The number of rotatable bonds is 9. The molecule has 3 aromatic carbocycles. The molecule has 0 saturated carbocycles. The van der Waals surface area contributed by atoms with E-state index in [1.807, 2.05) is 12.1 Å². The van der Waals surface area contributed by atoms with Crippen molar-refractivity contribution >= 4 is 11.3 Å². The zero-order valence-electron chi connectivity index (χ0n) is 21.2. The second kappa shape index (κ2) is 10.8. The number of hydrogen-bond donors (Lipinski definition) is 0. The number of hydrogen-bond acceptors (Lipinski definition) is 5. The number of para-hydroxylation sites is 1. The number of nitrogens with zero attached hydrogens (tertiary/aromatic N) is 1. The fourth-order valence-corrected chi connectivity index (χ4v) is 5.43. The first-order chi connectivity index (χ1) is 17.1. The van der Waals surface area contributed by atoms with Crippen molar-refractivity contribution in [2.75, 3.05) is 28.4 Å². The van der Waals surface area contributed by atoms with Gasteiger partial charge >= 0.3 is 0 Å². The van der Waals surface area contributed by atoms with Gasteiger partial charge in [0.05, 0.1) is 44.4 Å². The Bertz CT molecular complexity index is 1210. The van der Waals surface area contributed by atoms with Gasteiger partial charge in [0, 0.05) is 18.6 Å². The average molecular weight is 491 g/mol. The molecule has 1 heterocycles. The van der Waals surface area contributed by atoms with E-state index < -0.39 is 0 Å². The third-order valence-electron chi connectivity index (χ3n) is 6.17. The third-order valence-corrected chi connectivity index (χ3v) is 7.30. The van der Waals surface area contributed by atoms with Crippen LogP contribution in [0.5, 0.6) is 23.0 Å². The lowest BCUT2D eigenvalue weighted by Gasteiger charge is -2.14. The topological polar surface area (TPSA) is 40.8 Å².